The van der Waals surface area contributed by atoms with Gasteiger partial charge in [0, 0.05) is 53.0 Å². The van der Waals surface area contributed by atoms with Crippen molar-refractivity contribution in [1.29, 1.82) is 0 Å². The zero-order valence-corrected chi connectivity index (χ0v) is 18.7. The second kappa shape index (κ2) is 8.11. The van der Waals surface area contributed by atoms with Crippen molar-refractivity contribution in [2.45, 2.75) is 6.10 Å². The molecule has 0 bridgehead atoms. The summed E-state index contributed by atoms with van der Waals surface area (Å²) in [7, 11) is 3.74. The molecular formula is C27H20FNO6. The quantitative estimate of drug-likeness (QED) is 0.418. The van der Waals surface area contributed by atoms with Crippen molar-refractivity contribution in [3.63, 3.8) is 0 Å². The van der Waals surface area contributed by atoms with Gasteiger partial charge in [0.25, 0.3) is 0 Å². The Hall–Kier alpha value is -4.43. The van der Waals surface area contributed by atoms with E-state index in [1.165, 1.54) is 24.3 Å². The summed E-state index contributed by atoms with van der Waals surface area (Å²) in [5.41, 5.74) is 2.34. The number of rotatable bonds is 4. The molecule has 1 heterocycles. The molecule has 176 valence electrons. The molecule has 0 saturated heterocycles. The topological polar surface area (TPSA) is 107 Å². The van der Waals surface area contributed by atoms with E-state index in [2.05, 4.69) is 0 Å². The smallest absolute Gasteiger partial charge is 0.336 e. The summed E-state index contributed by atoms with van der Waals surface area (Å²) in [6.07, 6.45) is 1.53. The number of hydrogen-bond donors (Lipinski definition) is 3. The molecule has 0 fully saturated rings. The van der Waals surface area contributed by atoms with E-state index < -0.39 is 23.9 Å². The minimum absolute atomic E-state index is 0.152. The summed E-state index contributed by atoms with van der Waals surface area (Å²) in [6, 6.07) is 12.5. The van der Waals surface area contributed by atoms with Crippen LogP contribution in [0, 0.1) is 0 Å². The largest absolute Gasteiger partial charge is 0.478 e. The normalized spacial score (nSPS) is 15.6. The molecule has 1 atom stereocenters. The molecular weight excluding hydrogens is 453 g/mol. The zero-order valence-electron chi connectivity index (χ0n) is 18.7. The number of carbonyl (C=O) groups is 2. The Morgan fingerprint density at radius 2 is 1.66 bits per heavy atom. The maximum absolute atomic E-state index is 14.7. The van der Waals surface area contributed by atoms with Crippen molar-refractivity contribution in [3.8, 4) is 11.5 Å². The Morgan fingerprint density at radius 1 is 0.943 bits per heavy atom. The van der Waals surface area contributed by atoms with Crippen LogP contribution in [0.2, 0.25) is 0 Å². The molecule has 5 rings (SSSR count). The van der Waals surface area contributed by atoms with Crippen LogP contribution >= 0.6 is 0 Å². The van der Waals surface area contributed by atoms with Gasteiger partial charge in [-0.25, -0.2) is 14.0 Å². The molecule has 0 aromatic heterocycles. The van der Waals surface area contributed by atoms with Crippen molar-refractivity contribution in [2.24, 2.45) is 0 Å². The highest BCUT2D eigenvalue weighted by Gasteiger charge is 2.28. The number of carboxylic acid groups (broad SMARTS) is 2. The predicted octanol–water partition coefficient (Wildman–Crippen LogP) is 2.97. The van der Waals surface area contributed by atoms with Crippen LogP contribution in [0.4, 0.5) is 10.1 Å². The Labute approximate surface area is 198 Å². The van der Waals surface area contributed by atoms with Gasteiger partial charge in [-0.05, 0) is 42.0 Å². The third kappa shape index (κ3) is 3.55. The molecule has 0 saturated carbocycles. The van der Waals surface area contributed by atoms with Gasteiger partial charge in [0.1, 0.15) is 23.4 Å². The predicted molar refractivity (Wildman–Crippen MR) is 128 cm³/mol. The fourth-order valence-corrected chi connectivity index (χ4v) is 4.41. The summed E-state index contributed by atoms with van der Waals surface area (Å²) in [5.74, 6) is -2.48. The van der Waals surface area contributed by atoms with Crippen molar-refractivity contribution in [3.05, 3.63) is 92.9 Å². The van der Waals surface area contributed by atoms with Crippen LogP contribution in [-0.4, -0.2) is 47.5 Å². The summed E-state index contributed by atoms with van der Waals surface area (Å²) in [4.78, 5) is 25.6. The van der Waals surface area contributed by atoms with Crippen LogP contribution in [0.25, 0.3) is 17.5 Å². The standard InChI is InChI=1S/C27H20FNO6/c1-29(2)14-4-6-18-22(12-14)35-25-17-9-10-21(30)24(28)16(17)7-8-19(25)23(18)15-5-3-13(26(31)32)11-20(15)27(33)34/h3-12,21,30H,1-2H3,(H,31,32)(H,33,34). The number of carboxylic acids is 2. The van der Waals surface area contributed by atoms with Gasteiger partial charge in [0.15, 0.2) is 0 Å². The first-order valence-corrected chi connectivity index (χ1v) is 10.7. The Balaban J connectivity index is 1.92. The number of ether oxygens (including phenoxy) is 1. The Kier molecular flexibility index (Phi) is 5.18. The van der Waals surface area contributed by atoms with Crippen LogP contribution in [0.15, 0.2) is 54.6 Å². The molecule has 1 aliphatic carbocycles. The molecule has 0 radical (unpaired) electrons. The highest BCUT2D eigenvalue weighted by molar-refractivity contribution is 6.01. The maximum Gasteiger partial charge on any atom is 0.336 e. The first-order valence-electron chi connectivity index (χ1n) is 10.7. The van der Waals surface area contributed by atoms with Gasteiger partial charge in [-0.3, -0.25) is 0 Å². The molecule has 7 nitrogen and oxygen atoms in total. The summed E-state index contributed by atoms with van der Waals surface area (Å²) < 4.78 is 21.0. The van der Waals surface area contributed by atoms with E-state index in [1.54, 1.807) is 18.2 Å². The summed E-state index contributed by atoms with van der Waals surface area (Å²) in [6.45, 7) is 0. The van der Waals surface area contributed by atoms with Crippen LogP contribution < -0.4 is 20.1 Å². The van der Waals surface area contributed by atoms with Crippen LogP contribution in [0.3, 0.4) is 0 Å². The molecule has 1 aliphatic heterocycles. The van der Waals surface area contributed by atoms with Gasteiger partial charge in [-0.2, -0.15) is 0 Å². The molecule has 0 amide bonds. The minimum Gasteiger partial charge on any atom is -0.478 e. The van der Waals surface area contributed by atoms with Crippen LogP contribution in [0.5, 0.6) is 11.5 Å². The van der Waals surface area contributed by atoms with E-state index in [0.717, 1.165) is 11.8 Å². The average Bonchev–Trinajstić information content (AvgIpc) is 2.83. The zero-order chi connectivity index (χ0) is 25.0. The number of aromatic carboxylic acids is 2. The lowest BCUT2D eigenvalue weighted by Gasteiger charge is -2.26. The summed E-state index contributed by atoms with van der Waals surface area (Å²) in [5, 5.41) is 29.9. The fourth-order valence-electron chi connectivity index (χ4n) is 4.41. The van der Waals surface area contributed by atoms with E-state index in [-0.39, 0.29) is 16.3 Å². The third-order valence-corrected chi connectivity index (χ3v) is 6.16. The first-order chi connectivity index (χ1) is 16.7. The van der Waals surface area contributed by atoms with E-state index >= 15 is 0 Å². The molecule has 3 N–H and O–H groups in total. The van der Waals surface area contributed by atoms with Crippen molar-refractivity contribution >= 4 is 35.1 Å². The second-order valence-corrected chi connectivity index (χ2v) is 8.48. The molecule has 2 aliphatic rings. The van der Waals surface area contributed by atoms with Gasteiger partial charge in [0.2, 0.25) is 0 Å². The number of hydrogen-bond acceptors (Lipinski definition) is 5. The molecule has 35 heavy (non-hydrogen) atoms. The lowest BCUT2D eigenvalue weighted by atomic mass is 9.87. The molecule has 3 aromatic carbocycles. The molecule has 1 unspecified atom stereocenters. The number of fused-ring (bicyclic) bond motifs is 4. The van der Waals surface area contributed by atoms with Gasteiger partial charge in [-0.1, -0.05) is 18.2 Å². The van der Waals surface area contributed by atoms with E-state index in [9.17, 15) is 29.3 Å². The minimum atomic E-state index is -1.36. The second-order valence-electron chi connectivity index (χ2n) is 8.48. The lowest BCUT2D eigenvalue weighted by molar-refractivity contribution is 0.0695. The van der Waals surface area contributed by atoms with Gasteiger partial charge in [-0.15, -0.1) is 0 Å². The van der Waals surface area contributed by atoms with E-state index in [4.69, 9.17) is 4.74 Å². The average molecular weight is 473 g/mol. The third-order valence-electron chi connectivity index (χ3n) is 6.16. The Morgan fingerprint density at radius 3 is 2.34 bits per heavy atom. The molecule has 8 heteroatoms. The maximum atomic E-state index is 14.7. The Bertz CT molecular complexity index is 1590. The SMILES string of the molecule is CN(C)c1ccc2c(c1)Oc1c3c(ccc1=C2c1ccc(C(=O)O)cc1C(=O)O)=C(F)C(O)C=C3. The van der Waals surface area contributed by atoms with Crippen molar-refractivity contribution in [2.75, 3.05) is 19.0 Å². The van der Waals surface area contributed by atoms with Crippen LogP contribution in [-0.2, 0) is 0 Å². The van der Waals surface area contributed by atoms with Gasteiger partial charge < -0.3 is 25.0 Å². The number of anilines is 1. The number of benzene rings is 3. The van der Waals surface area contributed by atoms with Crippen molar-refractivity contribution < 1.29 is 34.0 Å². The highest BCUT2D eigenvalue weighted by Crippen LogP contribution is 2.40. The number of aliphatic hydroxyl groups is 1. The lowest BCUT2D eigenvalue weighted by Crippen LogP contribution is -2.27. The molecule has 0 spiro atoms. The molecule has 3 aromatic rings. The van der Waals surface area contributed by atoms with E-state index in [0.29, 0.717) is 39.0 Å². The number of halogens is 1. The van der Waals surface area contributed by atoms with Crippen LogP contribution in [0.1, 0.15) is 37.4 Å². The monoisotopic (exact) mass is 473 g/mol. The summed E-state index contributed by atoms with van der Waals surface area (Å²) >= 11 is 0. The van der Waals surface area contributed by atoms with Crippen molar-refractivity contribution in [1.82, 2.24) is 0 Å². The highest BCUT2D eigenvalue weighted by atomic mass is 19.1. The van der Waals surface area contributed by atoms with E-state index in [1.807, 2.05) is 31.1 Å². The van der Waals surface area contributed by atoms with Gasteiger partial charge in [0.05, 0.1) is 11.1 Å². The number of nitrogens with zero attached hydrogens (tertiary/aromatic N) is 1. The number of aliphatic hydroxyl groups excluding tert-OH is 1. The first kappa shape index (κ1) is 22.4. The van der Waals surface area contributed by atoms with Gasteiger partial charge >= 0.3 is 11.9 Å². The fraction of sp³-hybridized carbons (Fsp3) is 0.111.